The molecule has 1 aromatic carbocycles. The molecule has 2 aromatic heterocycles. The number of nitrogens with zero attached hydrogens (tertiary/aromatic N) is 4. The molecule has 0 saturated heterocycles. The van der Waals surface area contributed by atoms with Crippen LogP contribution in [0.4, 0.5) is 5.95 Å². The van der Waals surface area contributed by atoms with Crippen LogP contribution in [0.1, 0.15) is 5.56 Å². The number of halogens is 1. The van der Waals surface area contributed by atoms with Crippen molar-refractivity contribution in [2.24, 2.45) is 7.05 Å². The van der Waals surface area contributed by atoms with Crippen molar-refractivity contribution in [3.05, 3.63) is 39.7 Å². The minimum atomic E-state index is 0.570. The fourth-order valence-corrected chi connectivity index (χ4v) is 2.67. The molecule has 0 aliphatic rings. The summed E-state index contributed by atoms with van der Waals surface area (Å²) in [5.41, 5.74) is 9.24. The normalized spacial score (nSPS) is 11.3. The van der Waals surface area contributed by atoms with Gasteiger partial charge in [0.05, 0.1) is 17.2 Å². The number of fused-ring (bicyclic) bond motifs is 1. The smallest absolute Gasteiger partial charge is 0.201 e. The summed E-state index contributed by atoms with van der Waals surface area (Å²) < 4.78 is 5.04. The van der Waals surface area contributed by atoms with Gasteiger partial charge < -0.3 is 10.3 Å². The Hall–Kier alpha value is -1.57. The summed E-state index contributed by atoms with van der Waals surface area (Å²) in [5, 5.41) is 4.17. The Morgan fingerprint density at radius 1 is 1.37 bits per heavy atom. The Bertz CT molecular complexity index is 728. The van der Waals surface area contributed by atoms with E-state index in [1.54, 1.807) is 0 Å². The minimum absolute atomic E-state index is 0.570. The Balaban J connectivity index is 1.90. The van der Waals surface area contributed by atoms with Crippen LogP contribution in [0.2, 0.25) is 0 Å². The lowest BCUT2D eigenvalue weighted by Crippen LogP contribution is -2.05. The topological polar surface area (TPSA) is 61.7 Å². The predicted octanol–water partition coefficient (Wildman–Crippen LogP) is 2.20. The van der Waals surface area contributed by atoms with Crippen LogP contribution in [0.15, 0.2) is 30.6 Å². The molecule has 98 valence electrons. The maximum absolute atomic E-state index is 6.00. The molecular formula is C13H14IN5. The third kappa shape index (κ3) is 2.44. The molecular weight excluding hydrogens is 353 g/mol. The van der Waals surface area contributed by atoms with Gasteiger partial charge in [-0.3, -0.25) is 4.68 Å². The van der Waals surface area contributed by atoms with Crippen LogP contribution in [-0.2, 0) is 20.0 Å². The van der Waals surface area contributed by atoms with E-state index in [-0.39, 0.29) is 0 Å². The third-order valence-electron chi connectivity index (χ3n) is 3.12. The summed E-state index contributed by atoms with van der Waals surface area (Å²) in [7, 11) is 1.92. The van der Waals surface area contributed by atoms with Crippen molar-refractivity contribution in [2.75, 3.05) is 5.73 Å². The number of nitrogens with two attached hydrogens (primary N) is 1. The van der Waals surface area contributed by atoms with Crippen LogP contribution in [0, 0.1) is 3.57 Å². The molecule has 2 heterocycles. The van der Waals surface area contributed by atoms with Crippen molar-refractivity contribution < 1.29 is 0 Å². The van der Waals surface area contributed by atoms with Crippen LogP contribution in [0.5, 0.6) is 0 Å². The average Bonchev–Trinajstić information content (AvgIpc) is 2.89. The van der Waals surface area contributed by atoms with Crippen molar-refractivity contribution in [1.29, 1.82) is 0 Å². The van der Waals surface area contributed by atoms with Gasteiger partial charge in [-0.05, 0) is 52.8 Å². The van der Waals surface area contributed by atoms with Gasteiger partial charge in [0, 0.05) is 23.4 Å². The molecule has 0 radical (unpaired) electrons. The molecule has 0 amide bonds. The van der Waals surface area contributed by atoms with Gasteiger partial charge in [0.2, 0.25) is 5.95 Å². The highest BCUT2D eigenvalue weighted by Gasteiger charge is 2.08. The first kappa shape index (κ1) is 12.5. The number of rotatable bonds is 3. The lowest BCUT2D eigenvalue weighted by atomic mass is 10.2. The van der Waals surface area contributed by atoms with E-state index in [2.05, 4.69) is 49.4 Å². The Kier molecular flexibility index (Phi) is 3.17. The zero-order valence-corrected chi connectivity index (χ0v) is 12.7. The van der Waals surface area contributed by atoms with E-state index in [0.29, 0.717) is 5.95 Å². The van der Waals surface area contributed by atoms with Crippen LogP contribution in [-0.4, -0.2) is 19.3 Å². The van der Waals surface area contributed by atoms with Crippen molar-refractivity contribution in [2.45, 2.75) is 13.0 Å². The van der Waals surface area contributed by atoms with E-state index < -0.39 is 0 Å². The van der Waals surface area contributed by atoms with Gasteiger partial charge >= 0.3 is 0 Å². The van der Waals surface area contributed by atoms with Crippen LogP contribution in [0.25, 0.3) is 11.0 Å². The van der Waals surface area contributed by atoms with E-state index >= 15 is 0 Å². The van der Waals surface area contributed by atoms with E-state index in [4.69, 9.17) is 5.73 Å². The highest BCUT2D eigenvalue weighted by Crippen LogP contribution is 2.20. The average molecular weight is 367 g/mol. The maximum atomic E-state index is 6.00. The first-order valence-corrected chi connectivity index (χ1v) is 7.10. The molecule has 3 aromatic rings. The summed E-state index contributed by atoms with van der Waals surface area (Å²) in [6, 6.07) is 6.20. The van der Waals surface area contributed by atoms with Gasteiger partial charge in [0.1, 0.15) is 0 Å². The molecule has 6 heteroatoms. The Morgan fingerprint density at radius 3 is 2.95 bits per heavy atom. The van der Waals surface area contributed by atoms with Crippen LogP contribution >= 0.6 is 22.6 Å². The fourth-order valence-electron chi connectivity index (χ4n) is 2.20. The van der Waals surface area contributed by atoms with Crippen LogP contribution < -0.4 is 5.73 Å². The standard InChI is InChI=1S/C13H14IN5/c1-18-8-9(7-16-18)4-5-19-12-3-2-10(14)6-11(12)17-13(19)15/h2-3,6-8H,4-5H2,1H3,(H2,15,17). The Labute approximate surface area is 124 Å². The molecule has 5 nitrogen and oxygen atoms in total. The van der Waals surface area contributed by atoms with Gasteiger partial charge in [-0.1, -0.05) is 0 Å². The lowest BCUT2D eigenvalue weighted by Gasteiger charge is -2.05. The molecule has 0 aliphatic carbocycles. The number of benzene rings is 1. The predicted molar refractivity (Wildman–Crippen MR) is 83.8 cm³/mol. The molecule has 0 saturated carbocycles. The third-order valence-corrected chi connectivity index (χ3v) is 3.79. The van der Waals surface area contributed by atoms with Gasteiger partial charge in [0.25, 0.3) is 0 Å². The molecule has 3 rings (SSSR count). The molecule has 19 heavy (non-hydrogen) atoms. The van der Waals surface area contributed by atoms with E-state index in [9.17, 15) is 0 Å². The molecule has 0 fully saturated rings. The maximum Gasteiger partial charge on any atom is 0.201 e. The van der Waals surface area contributed by atoms with E-state index in [1.165, 1.54) is 9.13 Å². The number of anilines is 1. The monoisotopic (exact) mass is 367 g/mol. The molecule has 0 atom stereocenters. The summed E-state index contributed by atoms with van der Waals surface area (Å²) >= 11 is 2.28. The van der Waals surface area contributed by atoms with E-state index in [1.807, 2.05) is 30.2 Å². The first-order valence-electron chi connectivity index (χ1n) is 6.02. The van der Waals surface area contributed by atoms with Crippen LogP contribution in [0.3, 0.4) is 0 Å². The zero-order valence-electron chi connectivity index (χ0n) is 10.5. The summed E-state index contributed by atoms with van der Waals surface area (Å²) in [4.78, 5) is 4.41. The fraction of sp³-hybridized carbons (Fsp3) is 0.231. The molecule has 0 bridgehead atoms. The van der Waals surface area contributed by atoms with Crippen molar-refractivity contribution in [3.63, 3.8) is 0 Å². The molecule has 0 spiro atoms. The second-order valence-corrected chi connectivity index (χ2v) is 5.77. The van der Waals surface area contributed by atoms with Crippen molar-refractivity contribution >= 4 is 39.6 Å². The quantitative estimate of drug-likeness (QED) is 0.722. The minimum Gasteiger partial charge on any atom is -0.369 e. The van der Waals surface area contributed by atoms with Gasteiger partial charge in [0.15, 0.2) is 0 Å². The summed E-state index contributed by atoms with van der Waals surface area (Å²) in [6.45, 7) is 0.814. The number of hydrogen-bond acceptors (Lipinski definition) is 3. The second-order valence-electron chi connectivity index (χ2n) is 4.53. The molecule has 0 aliphatic heterocycles. The second kappa shape index (κ2) is 4.84. The highest BCUT2D eigenvalue weighted by molar-refractivity contribution is 14.1. The van der Waals surface area contributed by atoms with Crippen molar-refractivity contribution in [3.8, 4) is 0 Å². The number of aryl methyl sites for hydroxylation is 3. The first-order chi connectivity index (χ1) is 9.13. The highest BCUT2D eigenvalue weighted by atomic mass is 127. The van der Waals surface area contributed by atoms with E-state index in [0.717, 1.165) is 24.0 Å². The number of aromatic nitrogens is 4. The molecule has 2 N–H and O–H groups in total. The van der Waals surface area contributed by atoms with Crippen molar-refractivity contribution in [1.82, 2.24) is 19.3 Å². The largest absolute Gasteiger partial charge is 0.369 e. The van der Waals surface area contributed by atoms with Gasteiger partial charge in [-0.25, -0.2) is 4.98 Å². The summed E-state index contributed by atoms with van der Waals surface area (Å²) in [5.74, 6) is 0.570. The number of nitrogen functional groups attached to an aromatic ring is 1. The Morgan fingerprint density at radius 2 is 2.21 bits per heavy atom. The number of imidazole rings is 1. The SMILES string of the molecule is Cn1cc(CCn2c(N)nc3cc(I)ccc32)cn1. The zero-order chi connectivity index (χ0) is 13.4. The lowest BCUT2D eigenvalue weighted by molar-refractivity contribution is 0.723. The van der Waals surface area contributed by atoms with Gasteiger partial charge in [-0.15, -0.1) is 0 Å². The number of hydrogen-bond donors (Lipinski definition) is 1. The molecule has 0 unspecified atom stereocenters. The van der Waals surface area contributed by atoms with Gasteiger partial charge in [-0.2, -0.15) is 5.10 Å². The summed E-state index contributed by atoms with van der Waals surface area (Å²) in [6.07, 6.45) is 4.81.